The number of alkyl halides is 1. The van der Waals surface area contributed by atoms with Gasteiger partial charge in [-0.05, 0) is 5.56 Å². The van der Waals surface area contributed by atoms with Crippen molar-refractivity contribution in [3.8, 4) is 0 Å². The summed E-state index contributed by atoms with van der Waals surface area (Å²) in [6, 6.07) is 9.88. The molecule has 21 heavy (non-hydrogen) atoms. The van der Waals surface area contributed by atoms with Crippen molar-refractivity contribution in [2.75, 3.05) is 0 Å². The van der Waals surface area contributed by atoms with E-state index in [0.717, 1.165) is 5.56 Å². The fraction of sp³-hybridized carbons (Fsp3) is 0.400. The van der Waals surface area contributed by atoms with Crippen LogP contribution in [0.4, 0.5) is 5.69 Å². The topological polar surface area (TPSA) is 61.0 Å². The Balaban J connectivity index is 2.38. The Hall–Kier alpha value is -1.69. The summed E-state index contributed by atoms with van der Waals surface area (Å²) in [5.74, 6) is 0.0239. The third-order valence-corrected chi connectivity index (χ3v) is 4.28. The van der Waals surface area contributed by atoms with Gasteiger partial charge in [-0.3, -0.25) is 14.8 Å². The molecule has 0 N–H and O–H groups in total. The van der Waals surface area contributed by atoms with Gasteiger partial charge in [0.2, 0.25) is 0 Å². The van der Waals surface area contributed by atoms with E-state index in [-0.39, 0.29) is 21.4 Å². The van der Waals surface area contributed by atoms with E-state index in [0.29, 0.717) is 17.8 Å². The molecule has 0 spiro atoms. The van der Waals surface area contributed by atoms with E-state index in [2.05, 4.69) is 21.0 Å². The maximum absolute atomic E-state index is 11.4. The van der Waals surface area contributed by atoms with Gasteiger partial charge in [0.25, 0.3) is 0 Å². The normalized spacial score (nSPS) is 12.6. The van der Waals surface area contributed by atoms with Crippen LogP contribution in [0.1, 0.15) is 41.5 Å². The van der Waals surface area contributed by atoms with Gasteiger partial charge in [-0.2, -0.15) is 5.10 Å². The Morgan fingerprint density at radius 1 is 1.33 bits per heavy atom. The maximum Gasteiger partial charge on any atom is 0.313 e. The summed E-state index contributed by atoms with van der Waals surface area (Å²) in [4.78, 5) is 11.1. The summed E-state index contributed by atoms with van der Waals surface area (Å²) in [6.07, 6.45) is 0.524. The van der Waals surface area contributed by atoms with Crippen molar-refractivity contribution in [2.45, 2.75) is 31.0 Å². The second-order valence-corrected chi connectivity index (χ2v) is 6.40. The van der Waals surface area contributed by atoms with Gasteiger partial charge in [-0.25, -0.2) is 0 Å². The Labute approximate surface area is 132 Å². The molecule has 0 bridgehead atoms. The maximum atomic E-state index is 11.4. The van der Waals surface area contributed by atoms with Gasteiger partial charge in [0, 0.05) is 24.2 Å². The highest BCUT2D eigenvalue weighted by molar-refractivity contribution is 9.09. The van der Waals surface area contributed by atoms with E-state index < -0.39 is 0 Å². The zero-order chi connectivity index (χ0) is 15.6. The lowest BCUT2D eigenvalue weighted by molar-refractivity contribution is -0.386. The molecule has 0 amide bonds. The highest BCUT2D eigenvalue weighted by Crippen LogP contribution is 2.34. The number of halogens is 1. The summed E-state index contributed by atoms with van der Waals surface area (Å²) >= 11 is 3.62. The van der Waals surface area contributed by atoms with Gasteiger partial charge >= 0.3 is 5.69 Å². The van der Waals surface area contributed by atoms with Gasteiger partial charge in [0.15, 0.2) is 0 Å². The SMILES string of the molecule is CC(C)c1nn(C)c(CC(Br)c2ccccc2)c1[N+](=O)[O-]. The fourth-order valence-corrected chi connectivity index (χ4v) is 2.95. The monoisotopic (exact) mass is 351 g/mol. The number of benzene rings is 1. The second-order valence-electron chi connectivity index (χ2n) is 5.30. The molecule has 0 saturated heterocycles. The quantitative estimate of drug-likeness (QED) is 0.462. The summed E-state index contributed by atoms with van der Waals surface area (Å²) in [6.45, 7) is 3.84. The average molecular weight is 352 g/mol. The molecule has 1 heterocycles. The van der Waals surface area contributed by atoms with E-state index in [9.17, 15) is 10.1 Å². The molecule has 2 aromatic rings. The van der Waals surface area contributed by atoms with Crippen molar-refractivity contribution in [3.63, 3.8) is 0 Å². The molecule has 1 aromatic heterocycles. The molecule has 1 aromatic carbocycles. The summed E-state index contributed by atoms with van der Waals surface area (Å²) in [5, 5.41) is 15.7. The predicted molar refractivity (Wildman–Crippen MR) is 85.8 cm³/mol. The minimum atomic E-state index is -0.317. The molecule has 5 nitrogen and oxygen atoms in total. The molecule has 0 aliphatic heterocycles. The first-order valence-electron chi connectivity index (χ1n) is 6.81. The van der Waals surface area contributed by atoms with Crippen LogP contribution in [-0.4, -0.2) is 14.7 Å². The first-order chi connectivity index (χ1) is 9.91. The molecule has 0 aliphatic rings. The third kappa shape index (κ3) is 3.32. The lowest BCUT2D eigenvalue weighted by Crippen LogP contribution is -2.05. The van der Waals surface area contributed by atoms with Crippen LogP contribution in [0.5, 0.6) is 0 Å². The molecule has 0 aliphatic carbocycles. The molecule has 1 atom stereocenters. The third-order valence-electron chi connectivity index (χ3n) is 3.43. The van der Waals surface area contributed by atoms with E-state index in [1.165, 1.54) is 0 Å². The van der Waals surface area contributed by atoms with E-state index in [1.807, 2.05) is 44.2 Å². The number of hydrogen-bond acceptors (Lipinski definition) is 3. The molecular formula is C15H18BrN3O2. The van der Waals surface area contributed by atoms with Crippen molar-refractivity contribution in [2.24, 2.45) is 7.05 Å². The second kappa shape index (κ2) is 6.39. The largest absolute Gasteiger partial charge is 0.313 e. The van der Waals surface area contributed by atoms with Crippen molar-refractivity contribution >= 4 is 21.6 Å². The Bertz CT molecular complexity index is 638. The highest BCUT2D eigenvalue weighted by atomic mass is 79.9. The molecule has 0 radical (unpaired) electrons. The zero-order valence-corrected chi connectivity index (χ0v) is 13.9. The molecule has 0 fully saturated rings. The minimum absolute atomic E-state index is 0.0211. The lowest BCUT2D eigenvalue weighted by Gasteiger charge is -2.10. The standard InChI is InChI=1S/C15H18BrN3O2/c1-10(2)14-15(19(20)21)13(18(3)17-14)9-12(16)11-7-5-4-6-8-11/h4-8,10,12H,9H2,1-3H3. The molecular weight excluding hydrogens is 334 g/mol. The van der Waals surface area contributed by atoms with E-state index >= 15 is 0 Å². The first kappa shape index (κ1) is 15.7. The summed E-state index contributed by atoms with van der Waals surface area (Å²) < 4.78 is 1.63. The molecule has 0 saturated carbocycles. The van der Waals surface area contributed by atoms with Crippen molar-refractivity contribution in [1.82, 2.24) is 9.78 Å². The molecule has 112 valence electrons. The minimum Gasteiger partial charge on any atom is -0.265 e. The lowest BCUT2D eigenvalue weighted by atomic mass is 10.0. The predicted octanol–water partition coefficient (Wildman–Crippen LogP) is 4.13. The Morgan fingerprint density at radius 2 is 1.95 bits per heavy atom. The van der Waals surface area contributed by atoms with Gasteiger partial charge in [0.1, 0.15) is 11.4 Å². The van der Waals surface area contributed by atoms with Crippen LogP contribution in [0.25, 0.3) is 0 Å². The number of nitrogens with zero attached hydrogens (tertiary/aromatic N) is 3. The molecule has 2 rings (SSSR count). The van der Waals surface area contributed by atoms with Gasteiger partial charge in [0.05, 0.1) is 4.92 Å². The molecule has 6 heteroatoms. The number of aromatic nitrogens is 2. The smallest absolute Gasteiger partial charge is 0.265 e. The fourth-order valence-electron chi connectivity index (χ4n) is 2.34. The van der Waals surface area contributed by atoms with Crippen LogP contribution in [0, 0.1) is 10.1 Å². The number of nitro groups is 1. The summed E-state index contributed by atoms with van der Waals surface area (Å²) in [7, 11) is 1.76. The van der Waals surface area contributed by atoms with Crippen molar-refractivity contribution in [3.05, 3.63) is 57.4 Å². The van der Waals surface area contributed by atoms with Crippen LogP contribution in [0.3, 0.4) is 0 Å². The highest BCUT2D eigenvalue weighted by Gasteiger charge is 2.29. The first-order valence-corrected chi connectivity index (χ1v) is 7.72. The van der Waals surface area contributed by atoms with E-state index in [4.69, 9.17) is 0 Å². The summed E-state index contributed by atoms with van der Waals surface area (Å²) in [5.41, 5.74) is 2.44. The number of aryl methyl sites for hydroxylation is 1. The average Bonchev–Trinajstić information content (AvgIpc) is 2.77. The number of hydrogen-bond donors (Lipinski definition) is 0. The molecule has 1 unspecified atom stereocenters. The van der Waals surface area contributed by atoms with Crippen LogP contribution in [-0.2, 0) is 13.5 Å². The van der Waals surface area contributed by atoms with Gasteiger partial charge in [-0.15, -0.1) is 0 Å². The van der Waals surface area contributed by atoms with Crippen LogP contribution < -0.4 is 0 Å². The van der Waals surface area contributed by atoms with Crippen LogP contribution in [0.15, 0.2) is 30.3 Å². The Kier molecular flexibility index (Phi) is 4.77. The van der Waals surface area contributed by atoms with Crippen molar-refractivity contribution < 1.29 is 4.92 Å². The van der Waals surface area contributed by atoms with Crippen molar-refractivity contribution in [1.29, 1.82) is 0 Å². The van der Waals surface area contributed by atoms with E-state index in [1.54, 1.807) is 11.7 Å². The van der Waals surface area contributed by atoms with Gasteiger partial charge < -0.3 is 0 Å². The van der Waals surface area contributed by atoms with Crippen LogP contribution in [0.2, 0.25) is 0 Å². The zero-order valence-electron chi connectivity index (χ0n) is 12.3. The Morgan fingerprint density at radius 3 is 2.48 bits per heavy atom. The number of rotatable bonds is 5. The van der Waals surface area contributed by atoms with Gasteiger partial charge in [-0.1, -0.05) is 60.1 Å². The van der Waals surface area contributed by atoms with Crippen LogP contribution >= 0.6 is 15.9 Å².